The highest BCUT2D eigenvalue weighted by molar-refractivity contribution is 6.09. The summed E-state index contributed by atoms with van der Waals surface area (Å²) in [5.74, 6) is -4.78. The van der Waals surface area contributed by atoms with Gasteiger partial charge in [0.2, 0.25) is 0 Å². The lowest BCUT2D eigenvalue weighted by Gasteiger charge is -2.10. The van der Waals surface area contributed by atoms with Crippen LogP contribution in [0.15, 0.2) is 36.4 Å². The number of anilines is 1. The molecule has 0 aliphatic heterocycles. The fourth-order valence-electron chi connectivity index (χ4n) is 1.73. The van der Waals surface area contributed by atoms with Crippen LogP contribution in [0.25, 0.3) is 0 Å². The lowest BCUT2D eigenvalue weighted by Crippen LogP contribution is -2.16. The van der Waals surface area contributed by atoms with E-state index in [0.717, 1.165) is 24.3 Å². The van der Waals surface area contributed by atoms with E-state index in [1.807, 2.05) is 0 Å². The number of carboxylic acid groups (broad SMARTS) is 1. The van der Waals surface area contributed by atoms with Crippen LogP contribution in [0.5, 0.6) is 5.75 Å². The summed E-state index contributed by atoms with van der Waals surface area (Å²) < 4.78 is 26.5. The molecule has 1 amide bonds. The van der Waals surface area contributed by atoms with Gasteiger partial charge in [-0.3, -0.25) is 4.79 Å². The molecular weight excluding hydrogens is 284 g/mol. The average Bonchev–Trinajstić information content (AvgIpc) is 2.41. The molecule has 0 heterocycles. The number of benzene rings is 2. The van der Waals surface area contributed by atoms with Crippen molar-refractivity contribution in [3.8, 4) is 5.75 Å². The van der Waals surface area contributed by atoms with E-state index >= 15 is 0 Å². The lowest BCUT2D eigenvalue weighted by atomic mass is 10.1. The van der Waals surface area contributed by atoms with Crippen LogP contribution in [-0.4, -0.2) is 22.1 Å². The molecule has 0 bridgehead atoms. The molecule has 0 fully saturated rings. The van der Waals surface area contributed by atoms with Crippen LogP contribution in [0.3, 0.4) is 0 Å². The first-order valence-electron chi connectivity index (χ1n) is 5.72. The monoisotopic (exact) mass is 293 g/mol. The van der Waals surface area contributed by atoms with Crippen LogP contribution in [0.1, 0.15) is 20.7 Å². The molecule has 0 aliphatic carbocycles. The molecule has 0 atom stereocenters. The standard InChI is InChI=1S/C14H9F2NO4/c15-7-4-5-11(18)8(6-7)13(19)17-10-3-1-2-9(16)12(10)14(20)21/h1-6,18H,(H,17,19)(H,20,21). The first-order valence-corrected chi connectivity index (χ1v) is 5.72. The Kier molecular flexibility index (Phi) is 3.84. The van der Waals surface area contributed by atoms with Crippen LogP contribution in [0.4, 0.5) is 14.5 Å². The van der Waals surface area contributed by atoms with Crippen LogP contribution in [-0.2, 0) is 0 Å². The minimum Gasteiger partial charge on any atom is -0.507 e. The van der Waals surface area contributed by atoms with E-state index in [0.29, 0.717) is 0 Å². The van der Waals surface area contributed by atoms with Gasteiger partial charge in [-0.2, -0.15) is 0 Å². The Balaban J connectivity index is 2.39. The maximum absolute atomic E-state index is 13.5. The molecule has 0 radical (unpaired) electrons. The second kappa shape index (κ2) is 5.58. The summed E-state index contributed by atoms with van der Waals surface area (Å²) in [7, 11) is 0. The Bertz CT molecular complexity index is 731. The van der Waals surface area contributed by atoms with E-state index in [4.69, 9.17) is 5.11 Å². The second-order valence-electron chi connectivity index (χ2n) is 4.08. The van der Waals surface area contributed by atoms with Crippen LogP contribution < -0.4 is 5.32 Å². The van der Waals surface area contributed by atoms with Gasteiger partial charge in [-0.05, 0) is 30.3 Å². The fourth-order valence-corrected chi connectivity index (χ4v) is 1.73. The molecule has 3 N–H and O–H groups in total. The largest absolute Gasteiger partial charge is 0.507 e. The molecule has 7 heteroatoms. The Hall–Kier alpha value is -2.96. The number of phenolic OH excluding ortho intramolecular Hbond substituents is 1. The summed E-state index contributed by atoms with van der Waals surface area (Å²) in [4.78, 5) is 22.9. The molecule has 0 spiro atoms. The van der Waals surface area contributed by atoms with E-state index in [9.17, 15) is 23.5 Å². The van der Waals surface area contributed by atoms with Crippen molar-refractivity contribution in [3.05, 3.63) is 59.2 Å². The number of carboxylic acids is 1. The van der Waals surface area contributed by atoms with Gasteiger partial charge >= 0.3 is 5.97 Å². The lowest BCUT2D eigenvalue weighted by molar-refractivity contribution is 0.0693. The van der Waals surface area contributed by atoms with Crippen LogP contribution in [0.2, 0.25) is 0 Å². The van der Waals surface area contributed by atoms with Gasteiger partial charge in [0.25, 0.3) is 5.91 Å². The van der Waals surface area contributed by atoms with Crippen molar-refractivity contribution in [2.45, 2.75) is 0 Å². The van der Waals surface area contributed by atoms with Crippen LogP contribution in [0, 0.1) is 11.6 Å². The molecule has 2 aromatic rings. The Labute approximate surface area is 117 Å². The second-order valence-corrected chi connectivity index (χ2v) is 4.08. The van der Waals surface area contributed by atoms with Crippen molar-refractivity contribution in [2.75, 3.05) is 5.32 Å². The summed E-state index contributed by atoms with van der Waals surface area (Å²) in [5, 5.41) is 20.6. The summed E-state index contributed by atoms with van der Waals surface area (Å²) >= 11 is 0. The number of amides is 1. The summed E-state index contributed by atoms with van der Waals surface area (Å²) in [6.07, 6.45) is 0. The predicted octanol–water partition coefficient (Wildman–Crippen LogP) is 2.62. The predicted molar refractivity (Wildman–Crippen MR) is 69.4 cm³/mol. The third-order valence-corrected chi connectivity index (χ3v) is 2.68. The highest BCUT2D eigenvalue weighted by Gasteiger charge is 2.19. The zero-order valence-electron chi connectivity index (χ0n) is 10.4. The highest BCUT2D eigenvalue weighted by atomic mass is 19.1. The van der Waals surface area contributed by atoms with E-state index in [2.05, 4.69) is 5.32 Å². The van der Waals surface area contributed by atoms with Gasteiger partial charge in [-0.1, -0.05) is 6.07 Å². The van der Waals surface area contributed by atoms with E-state index in [-0.39, 0.29) is 5.69 Å². The van der Waals surface area contributed by atoms with Crippen molar-refractivity contribution < 1.29 is 28.6 Å². The Morgan fingerprint density at radius 2 is 1.81 bits per heavy atom. The number of nitrogens with one attached hydrogen (secondary N) is 1. The third kappa shape index (κ3) is 2.97. The number of phenols is 1. The van der Waals surface area contributed by atoms with Crippen molar-refractivity contribution in [3.63, 3.8) is 0 Å². The molecule has 0 unspecified atom stereocenters. The van der Waals surface area contributed by atoms with Crippen molar-refractivity contribution >= 4 is 17.6 Å². The number of carbonyl (C=O) groups excluding carboxylic acids is 1. The van der Waals surface area contributed by atoms with Gasteiger partial charge in [0.1, 0.15) is 22.9 Å². The summed E-state index contributed by atoms with van der Waals surface area (Å²) in [6.45, 7) is 0. The number of hydrogen-bond donors (Lipinski definition) is 3. The molecule has 2 aromatic carbocycles. The summed E-state index contributed by atoms with van der Waals surface area (Å²) in [6, 6.07) is 6.04. The minimum atomic E-state index is -1.56. The molecule has 0 aliphatic rings. The van der Waals surface area contributed by atoms with Crippen molar-refractivity contribution in [2.24, 2.45) is 0 Å². The molecule has 0 saturated carbocycles. The Morgan fingerprint density at radius 1 is 1.10 bits per heavy atom. The molecule has 21 heavy (non-hydrogen) atoms. The van der Waals surface area contributed by atoms with E-state index in [1.54, 1.807) is 0 Å². The first-order chi connectivity index (χ1) is 9.90. The molecule has 0 saturated heterocycles. The number of hydrogen-bond acceptors (Lipinski definition) is 3. The normalized spacial score (nSPS) is 10.2. The molecule has 5 nitrogen and oxygen atoms in total. The van der Waals surface area contributed by atoms with Gasteiger partial charge in [0, 0.05) is 0 Å². The molecule has 2 rings (SSSR count). The topological polar surface area (TPSA) is 86.6 Å². The fraction of sp³-hybridized carbons (Fsp3) is 0. The molecular formula is C14H9F2NO4. The smallest absolute Gasteiger partial charge is 0.340 e. The maximum Gasteiger partial charge on any atom is 0.340 e. The molecule has 108 valence electrons. The SMILES string of the molecule is O=C(Nc1cccc(F)c1C(=O)O)c1cc(F)ccc1O. The number of rotatable bonds is 3. The number of carbonyl (C=O) groups is 2. The van der Waals surface area contributed by atoms with Crippen molar-refractivity contribution in [1.29, 1.82) is 0 Å². The van der Waals surface area contributed by atoms with Crippen LogP contribution >= 0.6 is 0 Å². The molecule has 0 aromatic heterocycles. The van der Waals surface area contributed by atoms with Gasteiger partial charge in [0.15, 0.2) is 0 Å². The number of aromatic carboxylic acids is 1. The maximum atomic E-state index is 13.5. The highest BCUT2D eigenvalue weighted by Crippen LogP contribution is 2.23. The third-order valence-electron chi connectivity index (χ3n) is 2.68. The van der Waals surface area contributed by atoms with E-state index in [1.165, 1.54) is 12.1 Å². The average molecular weight is 293 g/mol. The van der Waals surface area contributed by atoms with Gasteiger partial charge in [-0.25, -0.2) is 13.6 Å². The zero-order chi connectivity index (χ0) is 15.6. The van der Waals surface area contributed by atoms with Gasteiger partial charge in [-0.15, -0.1) is 0 Å². The first kappa shape index (κ1) is 14.4. The van der Waals surface area contributed by atoms with Gasteiger partial charge in [0.05, 0.1) is 11.3 Å². The van der Waals surface area contributed by atoms with Crippen molar-refractivity contribution in [1.82, 2.24) is 0 Å². The van der Waals surface area contributed by atoms with Gasteiger partial charge < -0.3 is 15.5 Å². The quantitative estimate of drug-likeness (QED) is 0.812. The number of halogens is 2. The zero-order valence-corrected chi connectivity index (χ0v) is 10.4. The minimum absolute atomic E-state index is 0.295. The number of aromatic hydroxyl groups is 1. The Morgan fingerprint density at radius 3 is 2.48 bits per heavy atom. The summed E-state index contributed by atoms with van der Waals surface area (Å²) in [5.41, 5.74) is -1.41. The van der Waals surface area contributed by atoms with E-state index < -0.39 is 40.4 Å².